The van der Waals surface area contributed by atoms with Crippen molar-refractivity contribution in [3.8, 4) is 0 Å². The third-order valence-electron chi connectivity index (χ3n) is 2.05. The molecule has 0 saturated heterocycles. The molecule has 0 aliphatic heterocycles. The summed E-state index contributed by atoms with van der Waals surface area (Å²) in [5.74, 6) is -0.0996. The minimum atomic E-state index is -0.461. The Morgan fingerprint density at radius 1 is 1.53 bits per heavy atom. The first-order valence-electron chi connectivity index (χ1n) is 4.99. The molecule has 0 bridgehead atoms. The fourth-order valence-electron chi connectivity index (χ4n) is 1.31. The van der Waals surface area contributed by atoms with Gasteiger partial charge in [-0.05, 0) is 32.9 Å². The van der Waals surface area contributed by atoms with E-state index in [2.05, 4.69) is 24.4 Å². The van der Waals surface area contributed by atoms with Gasteiger partial charge < -0.3 is 5.32 Å². The van der Waals surface area contributed by atoms with Gasteiger partial charge in [0.2, 0.25) is 5.91 Å². The van der Waals surface area contributed by atoms with E-state index in [4.69, 9.17) is 11.6 Å². The highest BCUT2D eigenvalue weighted by Gasteiger charge is 2.13. The largest absolute Gasteiger partial charge is 0.352 e. The third kappa shape index (κ3) is 4.22. The van der Waals surface area contributed by atoms with Crippen LogP contribution in [0.2, 0.25) is 0 Å². The van der Waals surface area contributed by atoms with Gasteiger partial charge in [0, 0.05) is 22.2 Å². The van der Waals surface area contributed by atoms with Crippen molar-refractivity contribution >= 4 is 28.8 Å². The zero-order valence-electron chi connectivity index (χ0n) is 9.21. The molecule has 1 N–H and O–H groups in total. The molecule has 0 radical (unpaired) electrons. The van der Waals surface area contributed by atoms with Gasteiger partial charge in [0.15, 0.2) is 0 Å². The van der Waals surface area contributed by atoms with Crippen molar-refractivity contribution in [3.05, 3.63) is 21.9 Å². The molecule has 0 saturated carbocycles. The van der Waals surface area contributed by atoms with Crippen molar-refractivity contribution in [3.63, 3.8) is 0 Å². The standard InChI is InChI=1S/C11H16ClNOS/c1-7(13-11(14)9(3)12)6-10-5-4-8(2)15-10/h4-5,7,9H,6H2,1-3H3,(H,13,14). The lowest BCUT2D eigenvalue weighted by Gasteiger charge is -2.13. The van der Waals surface area contributed by atoms with E-state index >= 15 is 0 Å². The molecular formula is C11H16ClNOS. The minimum absolute atomic E-state index is 0.0996. The highest BCUT2D eigenvalue weighted by atomic mass is 35.5. The number of carbonyl (C=O) groups is 1. The average molecular weight is 246 g/mol. The molecule has 1 aromatic heterocycles. The molecule has 1 aromatic rings. The van der Waals surface area contributed by atoms with E-state index in [9.17, 15) is 4.79 Å². The second-order valence-electron chi connectivity index (χ2n) is 3.74. The zero-order valence-corrected chi connectivity index (χ0v) is 10.8. The Bertz CT molecular complexity index is 335. The SMILES string of the molecule is Cc1ccc(CC(C)NC(=O)C(C)Cl)s1. The maximum Gasteiger partial charge on any atom is 0.237 e. The number of carbonyl (C=O) groups excluding carboxylic acids is 1. The van der Waals surface area contributed by atoms with Crippen LogP contribution in [0.4, 0.5) is 0 Å². The second-order valence-corrected chi connectivity index (χ2v) is 5.77. The third-order valence-corrected chi connectivity index (χ3v) is 3.27. The number of amides is 1. The number of halogens is 1. The summed E-state index contributed by atoms with van der Waals surface area (Å²) in [6.45, 7) is 5.75. The van der Waals surface area contributed by atoms with E-state index in [1.165, 1.54) is 9.75 Å². The molecule has 0 aliphatic carbocycles. The lowest BCUT2D eigenvalue weighted by atomic mass is 10.2. The van der Waals surface area contributed by atoms with Crippen molar-refractivity contribution < 1.29 is 4.79 Å². The number of thiophene rings is 1. The summed E-state index contributed by atoms with van der Waals surface area (Å²) in [6, 6.07) is 4.34. The maximum atomic E-state index is 11.3. The maximum absolute atomic E-state index is 11.3. The Balaban J connectivity index is 2.42. The van der Waals surface area contributed by atoms with Gasteiger partial charge in [0.05, 0.1) is 0 Å². The van der Waals surface area contributed by atoms with Gasteiger partial charge in [-0.3, -0.25) is 4.79 Å². The molecule has 4 heteroatoms. The van der Waals surface area contributed by atoms with Gasteiger partial charge in [0.25, 0.3) is 0 Å². The normalized spacial score (nSPS) is 14.7. The van der Waals surface area contributed by atoms with Crippen LogP contribution in [0.5, 0.6) is 0 Å². The molecule has 1 amide bonds. The fourth-order valence-corrected chi connectivity index (χ4v) is 2.39. The van der Waals surface area contributed by atoms with Gasteiger partial charge in [-0.25, -0.2) is 0 Å². The Kier molecular flexibility index (Phi) is 4.61. The van der Waals surface area contributed by atoms with E-state index in [-0.39, 0.29) is 11.9 Å². The van der Waals surface area contributed by atoms with E-state index in [1.54, 1.807) is 18.3 Å². The predicted molar refractivity (Wildman–Crippen MR) is 65.7 cm³/mol. The summed E-state index contributed by atoms with van der Waals surface area (Å²) < 4.78 is 0. The van der Waals surface area contributed by atoms with Crippen LogP contribution in [0.15, 0.2) is 12.1 Å². The Labute approximate surface area is 99.6 Å². The van der Waals surface area contributed by atoms with Crippen LogP contribution in [0.25, 0.3) is 0 Å². The summed E-state index contributed by atoms with van der Waals surface area (Å²) in [6.07, 6.45) is 0.869. The number of nitrogens with one attached hydrogen (secondary N) is 1. The minimum Gasteiger partial charge on any atom is -0.352 e. The summed E-state index contributed by atoms with van der Waals surface area (Å²) in [7, 11) is 0. The summed E-state index contributed by atoms with van der Waals surface area (Å²) >= 11 is 7.44. The molecule has 2 nitrogen and oxygen atoms in total. The molecule has 84 valence electrons. The monoisotopic (exact) mass is 245 g/mol. The van der Waals surface area contributed by atoms with Crippen molar-refractivity contribution in [1.29, 1.82) is 0 Å². The molecule has 1 heterocycles. The smallest absolute Gasteiger partial charge is 0.237 e. The zero-order chi connectivity index (χ0) is 11.4. The Morgan fingerprint density at radius 3 is 2.67 bits per heavy atom. The topological polar surface area (TPSA) is 29.1 Å². The van der Waals surface area contributed by atoms with E-state index in [1.807, 2.05) is 6.92 Å². The van der Waals surface area contributed by atoms with Crippen LogP contribution in [-0.2, 0) is 11.2 Å². The second kappa shape index (κ2) is 5.52. The molecule has 15 heavy (non-hydrogen) atoms. The molecular weight excluding hydrogens is 230 g/mol. The molecule has 2 atom stereocenters. The van der Waals surface area contributed by atoms with Crippen molar-refractivity contribution in [1.82, 2.24) is 5.32 Å². The first kappa shape index (κ1) is 12.5. The van der Waals surface area contributed by atoms with Crippen molar-refractivity contribution in [2.75, 3.05) is 0 Å². The number of rotatable bonds is 4. The van der Waals surface area contributed by atoms with Crippen LogP contribution < -0.4 is 5.32 Å². The molecule has 2 unspecified atom stereocenters. The summed E-state index contributed by atoms with van der Waals surface area (Å²) in [5, 5.41) is 2.41. The summed E-state index contributed by atoms with van der Waals surface area (Å²) in [4.78, 5) is 13.9. The average Bonchev–Trinajstić information content (AvgIpc) is 2.50. The lowest BCUT2D eigenvalue weighted by Crippen LogP contribution is -2.37. The van der Waals surface area contributed by atoms with Crippen LogP contribution >= 0.6 is 22.9 Å². The predicted octanol–water partition coefficient (Wildman–Crippen LogP) is 2.73. The van der Waals surface area contributed by atoms with Crippen LogP contribution in [0.1, 0.15) is 23.6 Å². The highest BCUT2D eigenvalue weighted by molar-refractivity contribution is 7.11. The first-order valence-corrected chi connectivity index (χ1v) is 6.24. The number of hydrogen-bond donors (Lipinski definition) is 1. The van der Waals surface area contributed by atoms with Gasteiger partial charge in [-0.2, -0.15) is 0 Å². The van der Waals surface area contributed by atoms with Crippen molar-refractivity contribution in [2.45, 2.75) is 38.6 Å². The summed E-state index contributed by atoms with van der Waals surface area (Å²) in [5.41, 5.74) is 0. The first-order chi connectivity index (χ1) is 6.99. The fraction of sp³-hybridized carbons (Fsp3) is 0.545. The van der Waals surface area contributed by atoms with Crippen molar-refractivity contribution in [2.24, 2.45) is 0 Å². The van der Waals surface area contributed by atoms with Crippen LogP contribution in [0.3, 0.4) is 0 Å². The lowest BCUT2D eigenvalue weighted by molar-refractivity contribution is -0.121. The quantitative estimate of drug-likeness (QED) is 0.812. The van der Waals surface area contributed by atoms with E-state index in [0.29, 0.717) is 0 Å². The number of hydrogen-bond acceptors (Lipinski definition) is 2. The van der Waals surface area contributed by atoms with E-state index in [0.717, 1.165) is 6.42 Å². The van der Waals surface area contributed by atoms with Gasteiger partial charge in [-0.15, -0.1) is 22.9 Å². The Morgan fingerprint density at radius 2 is 2.20 bits per heavy atom. The molecule has 0 aromatic carbocycles. The van der Waals surface area contributed by atoms with Gasteiger partial charge in [-0.1, -0.05) is 0 Å². The molecule has 1 rings (SSSR count). The van der Waals surface area contributed by atoms with Gasteiger partial charge >= 0.3 is 0 Å². The van der Waals surface area contributed by atoms with E-state index < -0.39 is 5.38 Å². The van der Waals surface area contributed by atoms with Gasteiger partial charge in [0.1, 0.15) is 5.38 Å². The molecule has 0 fully saturated rings. The Hall–Kier alpha value is -0.540. The highest BCUT2D eigenvalue weighted by Crippen LogP contribution is 2.16. The molecule has 0 spiro atoms. The van der Waals surface area contributed by atoms with Crippen LogP contribution in [0, 0.1) is 6.92 Å². The number of alkyl halides is 1. The number of aryl methyl sites for hydroxylation is 1. The molecule has 0 aliphatic rings. The van der Waals surface area contributed by atoms with Crippen LogP contribution in [-0.4, -0.2) is 17.3 Å².